The molecule has 0 aliphatic heterocycles. The lowest BCUT2D eigenvalue weighted by atomic mass is 10.0. The highest BCUT2D eigenvalue weighted by Gasteiger charge is 2.18. The van der Waals surface area contributed by atoms with Gasteiger partial charge in [0.2, 0.25) is 0 Å². The number of rotatable bonds is 4. The fourth-order valence-electron chi connectivity index (χ4n) is 2.17. The summed E-state index contributed by atoms with van der Waals surface area (Å²) in [5.41, 5.74) is 1.90. The number of carbonyl (C=O) groups excluding carboxylic acids is 1. The fourth-order valence-corrected chi connectivity index (χ4v) is 2.17. The van der Waals surface area contributed by atoms with Crippen molar-refractivity contribution in [2.24, 2.45) is 7.05 Å². The van der Waals surface area contributed by atoms with E-state index in [1.165, 1.54) is 16.8 Å². The maximum atomic E-state index is 12.3. The van der Waals surface area contributed by atoms with Crippen molar-refractivity contribution in [3.8, 4) is 0 Å². The monoisotopic (exact) mass is 287 g/mol. The summed E-state index contributed by atoms with van der Waals surface area (Å²) in [7, 11) is 1.61. The number of benzene rings is 1. The molecule has 6 heteroatoms. The summed E-state index contributed by atoms with van der Waals surface area (Å²) >= 11 is 0. The zero-order valence-corrected chi connectivity index (χ0v) is 12.2. The third kappa shape index (κ3) is 3.10. The van der Waals surface area contributed by atoms with Crippen LogP contribution < -0.4 is 5.32 Å². The van der Waals surface area contributed by atoms with E-state index in [-0.39, 0.29) is 23.2 Å². The average Bonchev–Trinajstić information content (AvgIpc) is 2.81. The summed E-state index contributed by atoms with van der Waals surface area (Å²) in [6.07, 6.45) is 1.32. The van der Waals surface area contributed by atoms with E-state index in [2.05, 4.69) is 5.32 Å². The molecule has 21 heavy (non-hydrogen) atoms. The molecule has 0 fully saturated rings. The Morgan fingerprint density at radius 2 is 2.00 bits per heavy atom. The van der Waals surface area contributed by atoms with Crippen LogP contribution in [0.5, 0.6) is 0 Å². The van der Waals surface area contributed by atoms with Crippen molar-refractivity contribution in [3.05, 3.63) is 57.9 Å². The first kappa shape index (κ1) is 14.8. The molecule has 6 nitrogen and oxygen atoms in total. The van der Waals surface area contributed by atoms with Crippen LogP contribution in [0.4, 0.5) is 11.4 Å². The van der Waals surface area contributed by atoms with Gasteiger partial charge >= 0.3 is 0 Å². The van der Waals surface area contributed by atoms with Crippen LogP contribution in [0.15, 0.2) is 36.5 Å². The summed E-state index contributed by atoms with van der Waals surface area (Å²) in [6, 6.07) is 8.80. The van der Waals surface area contributed by atoms with Crippen molar-refractivity contribution in [2.45, 2.75) is 19.8 Å². The molecule has 2 aromatic rings. The number of anilines is 1. The van der Waals surface area contributed by atoms with Crippen molar-refractivity contribution in [1.82, 2.24) is 4.57 Å². The largest absolute Gasteiger partial charge is 0.340 e. The lowest BCUT2D eigenvalue weighted by Gasteiger charge is -2.13. The molecule has 2 rings (SSSR count). The molecule has 1 heterocycles. The third-order valence-corrected chi connectivity index (χ3v) is 3.26. The Labute approximate surface area is 122 Å². The van der Waals surface area contributed by atoms with E-state index in [1.54, 1.807) is 7.05 Å². The number of aromatic nitrogens is 1. The van der Waals surface area contributed by atoms with E-state index in [0.717, 1.165) is 11.3 Å². The van der Waals surface area contributed by atoms with Crippen molar-refractivity contribution in [2.75, 3.05) is 5.32 Å². The molecule has 110 valence electrons. The zero-order chi connectivity index (χ0) is 15.6. The Balaban J connectivity index is 2.28. The minimum Gasteiger partial charge on any atom is -0.340 e. The van der Waals surface area contributed by atoms with Gasteiger partial charge in [-0.15, -0.1) is 0 Å². The Hall–Kier alpha value is -2.63. The van der Waals surface area contributed by atoms with Crippen molar-refractivity contribution >= 4 is 17.3 Å². The maximum Gasteiger partial charge on any atom is 0.287 e. The molecule has 0 saturated heterocycles. The molecule has 1 aromatic carbocycles. The molecule has 0 atom stereocenters. The van der Waals surface area contributed by atoms with Crippen LogP contribution in [0, 0.1) is 10.1 Å². The molecule has 0 saturated carbocycles. The fraction of sp³-hybridized carbons (Fsp3) is 0.267. The van der Waals surface area contributed by atoms with Gasteiger partial charge in [-0.25, -0.2) is 0 Å². The van der Waals surface area contributed by atoms with E-state index in [4.69, 9.17) is 0 Å². The minimum atomic E-state index is -0.515. The van der Waals surface area contributed by atoms with Crippen LogP contribution in [-0.4, -0.2) is 15.4 Å². The van der Waals surface area contributed by atoms with Crippen LogP contribution in [0.3, 0.4) is 0 Å². The summed E-state index contributed by atoms with van der Waals surface area (Å²) < 4.78 is 1.45. The van der Waals surface area contributed by atoms with Crippen molar-refractivity contribution in [1.29, 1.82) is 0 Å². The summed E-state index contributed by atoms with van der Waals surface area (Å²) in [6.45, 7) is 4.08. The molecular weight excluding hydrogens is 270 g/mol. The number of amides is 1. The van der Waals surface area contributed by atoms with Crippen LogP contribution >= 0.6 is 0 Å². The van der Waals surface area contributed by atoms with Gasteiger partial charge in [0.15, 0.2) is 0 Å². The highest BCUT2D eigenvalue weighted by molar-refractivity contribution is 6.04. The van der Waals surface area contributed by atoms with Crippen LogP contribution in [0.25, 0.3) is 0 Å². The van der Waals surface area contributed by atoms with E-state index >= 15 is 0 Å². The summed E-state index contributed by atoms with van der Waals surface area (Å²) in [4.78, 5) is 22.5. The van der Waals surface area contributed by atoms with Gasteiger partial charge in [0.25, 0.3) is 11.6 Å². The van der Waals surface area contributed by atoms with Gasteiger partial charge in [0.1, 0.15) is 5.69 Å². The first-order valence-electron chi connectivity index (χ1n) is 6.61. The van der Waals surface area contributed by atoms with Crippen LogP contribution in [0.2, 0.25) is 0 Å². The molecule has 0 aliphatic carbocycles. The summed E-state index contributed by atoms with van der Waals surface area (Å²) in [5, 5.41) is 13.6. The Morgan fingerprint density at radius 1 is 1.33 bits per heavy atom. The number of nitro groups is 1. The van der Waals surface area contributed by atoms with Gasteiger partial charge in [-0.2, -0.15) is 0 Å². The normalized spacial score (nSPS) is 10.7. The third-order valence-electron chi connectivity index (χ3n) is 3.26. The van der Waals surface area contributed by atoms with Gasteiger partial charge in [-0.3, -0.25) is 14.9 Å². The van der Waals surface area contributed by atoms with Gasteiger partial charge in [-0.1, -0.05) is 32.0 Å². The highest BCUT2D eigenvalue weighted by atomic mass is 16.6. The smallest absolute Gasteiger partial charge is 0.287 e. The maximum absolute atomic E-state index is 12.3. The minimum absolute atomic E-state index is 0.0974. The topological polar surface area (TPSA) is 77.2 Å². The molecule has 0 radical (unpaired) electrons. The lowest BCUT2D eigenvalue weighted by molar-refractivity contribution is -0.384. The van der Waals surface area contributed by atoms with Gasteiger partial charge < -0.3 is 9.88 Å². The predicted octanol–water partition coefficient (Wildman–Crippen LogP) is 3.31. The van der Waals surface area contributed by atoms with Gasteiger partial charge in [0, 0.05) is 18.8 Å². The molecule has 1 N–H and O–H groups in total. The molecule has 1 aromatic heterocycles. The van der Waals surface area contributed by atoms with Crippen LogP contribution in [-0.2, 0) is 7.05 Å². The first-order valence-corrected chi connectivity index (χ1v) is 6.61. The number of carbonyl (C=O) groups is 1. The highest BCUT2D eigenvalue weighted by Crippen LogP contribution is 2.24. The molecular formula is C15H17N3O3. The van der Waals surface area contributed by atoms with Crippen molar-refractivity contribution in [3.63, 3.8) is 0 Å². The van der Waals surface area contributed by atoms with E-state index in [0.29, 0.717) is 0 Å². The Kier molecular flexibility index (Phi) is 4.07. The average molecular weight is 287 g/mol. The molecule has 0 aliphatic rings. The predicted molar refractivity (Wildman–Crippen MR) is 80.6 cm³/mol. The SMILES string of the molecule is CC(C)c1ccccc1NC(=O)c1cc([N+](=O)[O-])cn1C. The van der Waals surface area contributed by atoms with Gasteiger partial charge in [-0.05, 0) is 17.5 Å². The lowest BCUT2D eigenvalue weighted by Crippen LogP contribution is -2.16. The zero-order valence-electron chi connectivity index (χ0n) is 12.2. The Bertz CT molecular complexity index is 689. The number of hydrogen-bond donors (Lipinski definition) is 1. The molecule has 0 bridgehead atoms. The molecule has 1 amide bonds. The second-order valence-electron chi connectivity index (χ2n) is 5.15. The van der Waals surface area contributed by atoms with Crippen LogP contribution in [0.1, 0.15) is 35.8 Å². The number of nitrogens with zero attached hydrogens (tertiary/aromatic N) is 2. The summed E-state index contributed by atoms with van der Waals surface area (Å²) in [5.74, 6) is -0.0945. The number of aryl methyl sites for hydroxylation is 1. The molecule has 0 unspecified atom stereocenters. The second-order valence-corrected chi connectivity index (χ2v) is 5.15. The number of hydrogen-bond acceptors (Lipinski definition) is 3. The van der Waals surface area contributed by atoms with E-state index in [1.807, 2.05) is 38.1 Å². The van der Waals surface area contributed by atoms with Crippen molar-refractivity contribution < 1.29 is 9.72 Å². The standard InChI is InChI=1S/C15H17N3O3/c1-10(2)12-6-4-5-7-13(12)16-15(19)14-8-11(18(20)21)9-17(14)3/h4-10H,1-3H3,(H,16,19). The van der Waals surface area contributed by atoms with E-state index < -0.39 is 4.92 Å². The Morgan fingerprint density at radius 3 is 2.57 bits per heavy atom. The van der Waals surface area contributed by atoms with Gasteiger partial charge in [0.05, 0.1) is 11.1 Å². The number of nitrogens with one attached hydrogen (secondary N) is 1. The molecule has 0 spiro atoms. The number of para-hydroxylation sites is 1. The second kappa shape index (κ2) is 5.78. The quantitative estimate of drug-likeness (QED) is 0.692. The van der Waals surface area contributed by atoms with E-state index in [9.17, 15) is 14.9 Å². The first-order chi connectivity index (χ1) is 9.90.